The van der Waals surface area contributed by atoms with E-state index in [0.29, 0.717) is 17.2 Å². The Morgan fingerprint density at radius 2 is 1.72 bits per heavy atom. The van der Waals surface area contributed by atoms with Crippen molar-refractivity contribution in [2.45, 2.75) is 27.2 Å². The van der Waals surface area contributed by atoms with Gasteiger partial charge in [0.15, 0.2) is 0 Å². The Morgan fingerprint density at radius 3 is 2.40 bits per heavy atom. The number of rotatable bonds is 5. The summed E-state index contributed by atoms with van der Waals surface area (Å²) in [5.74, 6) is 0.134. The summed E-state index contributed by atoms with van der Waals surface area (Å²) in [5, 5.41) is 0.913. The van der Waals surface area contributed by atoms with E-state index in [9.17, 15) is 4.79 Å². The molecule has 0 atom stereocenters. The minimum Gasteiger partial charge on any atom is -0.266 e. The van der Waals surface area contributed by atoms with Gasteiger partial charge in [-0.1, -0.05) is 30.3 Å². The van der Waals surface area contributed by atoms with Gasteiger partial charge in [-0.15, -0.1) is 11.3 Å². The predicted octanol–water partition coefficient (Wildman–Crippen LogP) is 3.21. The zero-order valence-electron chi connectivity index (χ0n) is 14.3. The summed E-state index contributed by atoms with van der Waals surface area (Å²) in [6.45, 7) is 5.60. The Kier molecular flexibility index (Phi) is 5.04. The summed E-state index contributed by atoms with van der Waals surface area (Å²) in [5.41, 5.74) is 8.98. The molecule has 0 radical (unpaired) electrons. The molecular weight excluding hydrogens is 334 g/mol. The number of anilines is 1. The highest BCUT2D eigenvalue weighted by atomic mass is 32.1. The van der Waals surface area contributed by atoms with Gasteiger partial charge in [0.05, 0.1) is 10.7 Å². The topological polar surface area (TPSA) is 79.8 Å². The first-order chi connectivity index (χ1) is 12.0. The van der Waals surface area contributed by atoms with Crippen molar-refractivity contribution < 1.29 is 4.79 Å². The van der Waals surface area contributed by atoms with Gasteiger partial charge in [-0.3, -0.25) is 15.6 Å². The van der Waals surface area contributed by atoms with Crippen LogP contribution in [0, 0.1) is 20.8 Å². The van der Waals surface area contributed by atoms with E-state index >= 15 is 0 Å². The van der Waals surface area contributed by atoms with Crippen LogP contribution >= 0.6 is 11.3 Å². The van der Waals surface area contributed by atoms with E-state index in [1.165, 1.54) is 16.9 Å². The molecule has 0 unspecified atom stereocenters. The summed E-state index contributed by atoms with van der Waals surface area (Å²) in [6.07, 6.45) is 0.716. The number of hydrogen-bond donors (Lipinski definition) is 2. The van der Waals surface area contributed by atoms with Crippen molar-refractivity contribution in [3.63, 3.8) is 0 Å². The number of nitrogens with one attached hydrogen (secondary N) is 2. The quantitative estimate of drug-likeness (QED) is 0.689. The van der Waals surface area contributed by atoms with E-state index in [-0.39, 0.29) is 5.91 Å². The van der Waals surface area contributed by atoms with Crippen molar-refractivity contribution in [1.29, 1.82) is 0 Å². The molecule has 6 nitrogen and oxygen atoms in total. The van der Waals surface area contributed by atoms with E-state index in [1.807, 2.05) is 45.0 Å². The van der Waals surface area contributed by atoms with Crippen molar-refractivity contribution in [2.75, 3.05) is 5.43 Å². The zero-order valence-corrected chi connectivity index (χ0v) is 15.1. The molecule has 128 valence electrons. The third-order valence-electron chi connectivity index (χ3n) is 3.52. The van der Waals surface area contributed by atoms with Crippen molar-refractivity contribution in [1.82, 2.24) is 20.4 Å². The lowest BCUT2D eigenvalue weighted by atomic mass is 10.2. The van der Waals surface area contributed by atoms with Crippen molar-refractivity contribution in [3.8, 4) is 0 Å². The third-order valence-corrected chi connectivity index (χ3v) is 4.67. The maximum atomic E-state index is 12.4. The number of aryl methyl sites for hydroxylation is 3. The van der Waals surface area contributed by atoms with Gasteiger partial charge in [0.2, 0.25) is 5.95 Å². The number of hydrogen-bond acceptors (Lipinski definition) is 6. The lowest BCUT2D eigenvalue weighted by Gasteiger charge is -2.07. The Bertz CT molecular complexity index is 871. The van der Waals surface area contributed by atoms with Gasteiger partial charge in [0.25, 0.3) is 5.91 Å². The average Bonchev–Trinajstić information content (AvgIpc) is 2.93. The number of amides is 1. The standard InChI is InChI=1S/C18H19N5OS/c1-11-9-12(2)20-18(19-11)23-22-17(24)16-13(3)21-15(25-16)10-14-7-5-4-6-8-14/h4-9H,10H2,1-3H3,(H,22,24)(H,19,20,23). The molecule has 0 aliphatic heterocycles. The second kappa shape index (κ2) is 7.40. The number of carbonyl (C=O) groups is 1. The number of nitrogens with zero attached hydrogens (tertiary/aromatic N) is 3. The minimum absolute atomic E-state index is 0.239. The molecule has 3 aromatic rings. The lowest BCUT2D eigenvalue weighted by Crippen LogP contribution is -2.30. The van der Waals surface area contributed by atoms with Crippen LogP contribution in [-0.2, 0) is 6.42 Å². The summed E-state index contributed by atoms with van der Waals surface area (Å²) in [4.78, 5) is 26.0. The van der Waals surface area contributed by atoms with Crippen LogP contribution in [0.25, 0.3) is 0 Å². The largest absolute Gasteiger partial charge is 0.281 e. The fraction of sp³-hybridized carbons (Fsp3) is 0.222. The summed E-state index contributed by atoms with van der Waals surface area (Å²) < 4.78 is 0. The molecule has 2 heterocycles. The van der Waals surface area contributed by atoms with Gasteiger partial charge in [0.1, 0.15) is 4.88 Å². The normalized spacial score (nSPS) is 10.5. The molecule has 0 saturated heterocycles. The molecule has 0 saturated carbocycles. The van der Waals surface area contributed by atoms with Gasteiger partial charge < -0.3 is 0 Å². The van der Waals surface area contributed by atoms with Crippen LogP contribution < -0.4 is 10.9 Å². The highest BCUT2D eigenvalue weighted by Gasteiger charge is 2.15. The average molecular weight is 353 g/mol. The first kappa shape index (κ1) is 17.0. The molecule has 1 amide bonds. The monoisotopic (exact) mass is 353 g/mol. The summed E-state index contributed by atoms with van der Waals surface area (Å²) >= 11 is 1.40. The third kappa shape index (κ3) is 4.39. The second-order valence-corrected chi connectivity index (χ2v) is 6.82. The number of carbonyl (C=O) groups excluding carboxylic acids is 1. The molecule has 0 aliphatic carbocycles. The molecule has 25 heavy (non-hydrogen) atoms. The molecule has 0 bridgehead atoms. The lowest BCUT2D eigenvalue weighted by molar-refractivity contribution is 0.0965. The Labute approximate surface area is 150 Å². The van der Waals surface area contributed by atoms with Crippen molar-refractivity contribution >= 4 is 23.2 Å². The number of hydrazine groups is 1. The fourth-order valence-corrected chi connectivity index (χ4v) is 3.45. The van der Waals surface area contributed by atoms with Gasteiger partial charge >= 0.3 is 0 Å². The van der Waals surface area contributed by atoms with Gasteiger partial charge in [-0.05, 0) is 32.4 Å². The number of thiazole rings is 1. The van der Waals surface area contributed by atoms with Crippen LogP contribution in [0.4, 0.5) is 5.95 Å². The van der Waals surface area contributed by atoms with Crippen LogP contribution in [0.5, 0.6) is 0 Å². The van der Waals surface area contributed by atoms with Crippen LogP contribution in [-0.4, -0.2) is 20.9 Å². The van der Waals surface area contributed by atoms with E-state index in [2.05, 4.69) is 37.9 Å². The molecule has 0 aliphatic rings. The molecule has 7 heteroatoms. The number of benzene rings is 1. The second-order valence-electron chi connectivity index (χ2n) is 5.74. The smallest absolute Gasteiger partial charge is 0.266 e. The van der Waals surface area contributed by atoms with Crippen molar-refractivity contribution in [2.24, 2.45) is 0 Å². The first-order valence-corrected chi connectivity index (χ1v) is 8.72. The maximum absolute atomic E-state index is 12.4. The highest BCUT2D eigenvalue weighted by molar-refractivity contribution is 7.13. The molecule has 1 aromatic carbocycles. The van der Waals surface area contributed by atoms with Crippen LogP contribution in [0.2, 0.25) is 0 Å². The van der Waals surface area contributed by atoms with E-state index in [0.717, 1.165) is 22.1 Å². The van der Waals surface area contributed by atoms with Gasteiger partial charge in [0, 0.05) is 17.8 Å². The summed E-state index contributed by atoms with van der Waals surface area (Å²) in [7, 11) is 0. The van der Waals surface area contributed by atoms with E-state index < -0.39 is 0 Å². The summed E-state index contributed by atoms with van der Waals surface area (Å²) in [6, 6.07) is 12.0. The molecule has 3 rings (SSSR count). The van der Waals surface area contributed by atoms with Crippen LogP contribution in [0.15, 0.2) is 36.4 Å². The molecule has 0 fully saturated rings. The molecule has 2 aromatic heterocycles. The Balaban J connectivity index is 1.68. The van der Waals surface area contributed by atoms with E-state index in [4.69, 9.17) is 0 Å². The van der Waals surface area contributed by atoms with Gasteiger partial charge in [-0.2, -0.15) is 0 Å². The minimum atomic E-state index is -0.239. The molecule has 0 spiro atoms. The molecule has 2 N–H and O–H groups in total. The van der Waals surface area contributed by atoms with Gasteiger partial charge in [-0.25, -0.2) is 15.0 Å². The first-order valence-electron chi connectivity index (χ1n) is 7.90. The fourth-order valence-electron chi connectivity index (χ4n) is 2.46. The Morgan fingerprint density at radius 1 is 1.04 bits per heavy atom. The van der Waals surface area contributed by atoms with E-state index in [1.54, 1.807) is 0 Å². The van der Waals surface area contributed by atoms with Crippen molar-refractivity contribution in [3.05, 3.63) is 68.9 Å². The predicted molar refractivity (Wildman–Crippen MR) is 98.7 cm³/mol. The Hall–Kier alpha value is -2.80. The maximum Gasteiger partial charge on any atom is 0.281 e. The zero-order chi connectivity index (χ0) is 17.8. The number of aromatic nitrogens is 3. The molecular formula is C18H19N5OS. The van der Waals surface area contributed by atoms with Crippen LogP contribution in [0.3, 0.4) is 0 Å². The highest BCUT2D eigenvalue weighted by Crippen LogP contribution is 2.20. The SMILES string of the molecule is Cc1cc(C)nc(NNC(=O)c2sc(Cc3ccccc3)nc2C)n1. The van der Waals surface area contributed by atoms with Crippen LogP contribution in [0.1, 0.15) is 37.3 Å².